The molecule has 0 aliphatic carbocycles. The maximum atomic E-state index is 12.5. The molecule has 0 aromatic heterocycles. The smallest absolute Gasteiger partial charge is 0.308 e. The van der Waals surface area contributed by atoms with Crippen molar-refractivity contribution >= 4 is 35.2 Å². The molecule has 1 atom stereocenters. The van der Waals surface area contributed by atoms with Crippen molar-refractivity contribution in [2.45, 2.75) is 17.7 Å². The Balaban J connectivity index is 1.79. The van der Waals surface area contributed by atoms with Gasteiger partial charge in [-0.15, -0.1) is 11.8 Å². The molecule has 6 nitrogen and oxygen atoms in total. The summed E-state index contributed by atoms with van der Waals surface area (Å²) in [5.41, 5.74) is 1.13. The average molecular weight is 320 g/mol. The minimum Gasteiger partial charge on any atom is -0.481 e. The van der Waals surface area contributed by atoms with Crippen molar-refractivity contribution in [3.8, 4) is 0 Å². The molecule has 7 heteroatoms. The summed E-state index contributed by atoms with van der Waals surface area (Å²) in [6, 6.07) is 5.23. The van der Waals surface area contributed by atoms with Gasteiger partial charge in [0.25, 0.3) is 5.91 Å². The Kier molecular flexibility index (Phi) is 4.06. The number of nitrogens with one attached hydrogen (secondary N) is 1. The fourth-order valence-corrected chi connectivity index (χ4v) is 3.55. The first-order chi connectivity index (χ1) is 10.5. The quantitative estimate of drug-likeness (QED) is 0.865. The Hall–Kier alpha value is -2.02. The summed E-state index contributed by atoms with van der Waals surface area (Å²) in [6.07, 6.45) is 1.30. The number of aliphatic carboxylic acids is 1. The Bertz CT molecular complexity index is 646. The average Bonchev–Trinajstić information content (AvgIpc) is 2.53. The second-order valence-corrected chi connectivity index (χ2v) is 6.49. The number of anilines is 1. The molecule has 0 saturated carbocycles. The molecule has 1 aromatic rings. The van der Waals surface area contributed by atoms with Crippen molar-refractivity contribution in [3.63, 3.8) is 0 Å². The van der Waals surface area contributed by atoms with Gasteiger partial charge in [-0.1, -0.05) is 0 Å². The largest absolute Gasteiger partial charge is 0.481 e. The van der Waals surface area contributed by atoms with Crippen LogP contribution < -0.4 is 5.32 Å². The number of carboxylic acid groups (broad SMARTS) is 1. The lowest BCUT2D eigenvalue weighted by molar-refractivity contribution is -0.143. The number of piperidine rings is 1. The minimum atomic E-state index is -0.855. The third kappa shape index (κ3) is 2.94. The van der Waals surface area contributed by atoms with Crippen LogP contribution in [0.1, 0.15) is 23.2 Å². The highest BCUT2D eigenvalue weighted by atomic mass is 32.2. The number of thioether (sulfide) groups is 1. The molecular formula is C15H16N2O4S. The first-order valence-corrected chi connectivity index (χ1v) is 8.12. The van der Waals surface area contributed by atoms with E-state index in [1.54, 1.807) is 17.0 Å². The molecule has 2 heterocycles. The van der Waals surface area contributed by atoms with E-state index in [0.29, 0.717) is 36.4 Å². The fourth-order valence-electron chi connectivity index (χ4n) is 2.76. The number of benzene rings is 1. The van der Waals surface area contributed by atoms with E-state index in [0.717, 1.165) is 4.90 Å². The van der Waals surface area contributed by atoms with E-state index < -0.39 is 11.9 Å². The van der Waals surface area contributed by atoms with E-state index in [1.165, 1.54) is 11.8 Å². The van der Waals surface area contributed by atoms with E-state index in [4.69, 9.17) is 5.11 Å². The first-order valence-electron chi connectivity index (χ1n) is 7.13. The van der Waals surface area contributed by atoms with Crippen LogP contribution in [0.2, 0.25) is 0 Å². The summed E-state index contributed by atoms with van der Waals surface area (Å²) < 4.78 is 0. The number of rotatable bonds is 2. The highest BCUT2D eigenvalue weighted by Crippen LogP contribution is 2.32. The van der Waals surface area contributed by atoms with Gasteiger partial charge in [0.2, 0.25) is 5.91 Å². The monoisotopic (exact) mass is 320 g/mol. The van der Waals surface area contributed by atoms with Gasteiger partial charge >= 0.3 is 5.97 Å². The molecule has 0 radical (unpaired) electrons. The van der Waals surface area contributed by atoms with Crippen LogP contribution in [0.15, 0.2) is 23.1 Å². The van der Waals surface area contributed by atoms with Crippen molar-refractivity contribution < 1.29 is 19.5 Å². The Labute approximate surface area is 131 Å². The lowest BCUT2D eigenvalue weighted by atomic mass is 9.97. The van der Waals surface area contributed by atoms with Crippen LogP contribution in [0.5, 0.6) is 0 Å². The summed E-state index contributed by atoms with van der Waals surface area (Å²) in [5.74, 6) is -1.23. The van der Waals surface area contributed by atoms with Crippen molar-refractivity contribution in [2.24, 2.45) is 5.92 Å². The molecule has 0 spiro atoms. The van der Waals surface area contributed by atoms with Gasteiger partial charge in [0.05, 0.1) is 17.4 Å². The van der Waals surface area contributed by atoms with Gasteiger partial charge < -0.3 is 15.3 Å². The van der Waals surface area contributed by atoms with Crippen molar-refractivity contribution in [1.29, 1.82) is 0 Å². The lowest BCUT2D eigenvalue weighted by Gasteiger charge is -2.31. The molecule has 0 bridgehead atoms. The van der Waals surface area contributed by atoms with Crippen LogP contribution >= 0.6 is 11.8 Å². The lowest BCUT2D eigenvalue weighted by Crippen LogP contribution is -2.42. The number of nitrogens with zero attached hydrogens (tertiary/aromatic N) is 1. The number of amides is 2. The molecule has 1 fully saturated rings. The molecule has 2 aliphatic rings. The normalized spacial score (nSPS) is 21.0. The molecule has 2 N–H and O–H groups in total. The summed E-state index contributed by atoms with van der Waals surface area (Å²) in [6.45, 7) is 0.813. The van der Waals surface area contributed by atoms with Crippen LogP contribution in [-0.4, -0.2) is 46.6 Å². The van der Waals surface area contributed by atoms with E-state index >= 15 is 0 Å². The molecule has 1 aromatic carbocycles. The van der Waals surface area contributed by atoms with E-state index in [9.17, 15) is 14.4 Å². The third-order valence-electron chi connectivity index (χ3n) is 3.92. The first kappa shape index (κ1) is 14.9. The molecule has 2 aliphatic heterocycles. The molecule has 116 valence electrons. The van der Waals surface area contributed by atoms with Crippen molar-refractivity contribution in [1.82, 2.24) is 4.90 Å². The Morgan fingerprint density at radius 3 is 2.95 bits per heavy atom. The highest BCUT2D eigenvalue weighted by molar-refractivity contribution is 8.00. The standard InChI is InChI=1S/C15H16N2O4S/c18-13-8-22-12-4-3-9(6-11(12)16-13)14(19)17-5-1-2-10(7-17)15(20)21/h3-4,6,10H,1-2,5,7-8H2,(H,16,18)(H,20,21)/t10-/m0/s1. The summed E-state index contributed by atoms with van der Waals surface area (Å²) >= 11 is 1.44. The van der Waals surface area contributed by atoms with Gasteiger partial charge in [-0.25, -0.2) is 0 Å². The number of hydrogen-bond donors (Lipinski definition) is 2. The number of carbonyl (C=O) groups excluding carboxylic acids is 2. The zero-order valence-electron chi connectivity index (χ0n) is 11.9. The van der Waals surface area contributed by atoms with E-state index in [1.807, 2.05) is 6.07 Å². The maximum absolute atomic E-state index is 12.5. The van der Waals surface area contributed by atoms with Gasteiger partial charge in [0.15, 0.2) is 0 Å². The Morgan fingerprint density at radius 2 is 2.18 bits per heavy atom. The second kappa shape index (κ2) is 6.00. The Morgan fingerprint density at radius 1 is 1.36 bits per heavy atom. The topological polar surface area (TPSA) is 86.7 Å². The predicted molar refractivity (Wildman–Crippen MR) is 82.1 cm³/mol. The molecular weight excluding hydrogens is 304 g/mol. The van der Waals surface area contributed by atoms with Gasteiger partial charge in [-0.05, 0) is 31.0 Å². The zero-order chi connectivity index (χ0) is 15.7. The van der Waals surface area contributed by atoms with Gasteiger partial charge in [-0.3, -0.25) is 14.4 Å². The maximum Gasteiger partial charge on any atom is 0.308 e. The van der Waals surface area contributed by atoms with Gasteiger partial charge in [-0.2, -0.15) is 0 Å². The SMILES string of the molecule is O=C1CSc2ccc(C(=O)N3CCC[C@H](C(=O)O)C3)cc2N1. The minimum absolute atomic E-state index is 0.0778. The molecule has 1 saturated heterocycles. The summed E-state index contributed by atoms with van der Waals surface area (Å²) in [7, 11) is 0. The van der Waals surface area contributed by atoms with Crippen LogP contribution in [0, 0.1) is 5.92 Å². The number of hydrogen-bond acceptors (Lipinski definition) is 4. The third-order valence-corrected chi connectivity index (χ3v) is 4.99. The molecule has 2 amide bonds. The predicted octanol–water partition coefficient (Wildman–Crippen LogP) is 1.67. The van der Waals surface area contributed by atoms with Crippen molar-refractivity contribution in [3.05, 3.63) is 23.8 Å². The molecule has 22 heavy (non-hydrogen) atoms. The highest BCUT2D eigenvalue weighted by Gasteiger charge is 2.29. The number of fused-ring (bicyclic) bond motifs is 1. The number of carbonyl (C=O) groups is 3. The van der Waals surface area contributed by atoms with Gasteiger partial charge in [0, 0.05) is 23.5 Å². The van der Waals surface area contributed by atoms with Crippen LogP contribution in [0.25, 0.3) is 0 Å². The second-order valence-electron chi connectivity index (χ2n) is 5.48. The van der Waals surface area contributed by atoms with E-state index in [-0.39, 0.29) is 18.4 Å². The number of carboxylic acids is 1. The van der Waals surface area contributed by atoms with Crippen LogP contribution in [0.4, 0.5) is 5.69 Å². The fraction of sp³-hybridized carbons (Fsp3) is 0.400. The van der Waals surface area contributed by atoms with Gasteiger partial charge in [0.1, 0.15) is 0 Å². The van der Waals surface area contributed by atoms with Crippen LogP contribution in [-0.2, 0) is 9.59 Å². The molecule has 0 unspecified atom stereocenters. The van der Waals surface area contributed by atoms with E-state index in [2.05, 4.69) is 5.32 Å². The number of likely N-dealkylation sites (tertiary alicyclic amines) is 1. The van der Waals surface area contributed by atoms with Crippen molar-refractivity contribution in [2.75, 3.05) is 24.2 Å². The van der Waals surface area contributed by atoms with Crippen LogP contribution in [0.3, 0.4) is 0 Å². The zero-order valence-corrected chi connectivity index (χ0v) is 12.7. The summed E-state index contributed by atoms with van der Waals surface area (Å²) in [5, 5.41) is 11.9. The molecule has 3 rings (SSSR count). The summed E-state index contributed by atoms with van der Waals surface area (Å²) in [4.78, 5) is 37.6.